The highest BCUT2D eigenvalue weighted by Crippen LogP contribution is 2.35. The Morgan fingerprint density at radius 1 is 1.19 bits per heavy atom. The van der Waals surface area contributed by atoms with Gasteiger partial charge >= 0.3 is 0 Å². The highest BCUT2D eigenvalue weighted by molar-refractivity contribution is 5.29. The maximum Gasteiger partial charge on any atom is 0.0900 e. The summed E-state index contributed by atoms with van der Waals surface area (Å²) in [7, 11) is 0. The van der Waals surface area contributed by atoms with Crippen molar-refractivity contribution in [1.29, 1.82) is 0 Å². The Morgan fingerprint density at radius 2 is 1.92 bits per heavy atom. The summed E-state index contributed by atoms with van der Waals surface area (Å²) in [4.78, 5) is 2.36. The average Bonchev–Trinajstić information content (AvgIpc) is 2.59. The highest BCUT2D eigenvalue weighted by atomic mass is 35.5. The van der Waals surface area contributed by atoms with Gasteiger partial charge in [0.1, 0.15) is 0 Å². The fraction of sp³-hybridized carbons (Fsp3) is 0.727. The van der Waals surface area contributed by atoms with Gasteiger partial charge in [-0.15, -0.1) is 0 Å². The molecule has 1 fully saturated rings. The lowest BCUT2D eigenvalue weighted by Gasteiger charge is -2.38. The Morgan fingerprint density at radius 3 is 2.65 bits per heavy atom. The maximum absolute atomic E-state index is 10.5. The van der Waals surface area contributed by atoms with Crippen LogP contribution in [0.5, 0.6) is 0 Å². The van der Waals surface area contributed by atoms with E-state index in [4.69, 9.17) is 4.74 Å². The molecular formula is C22H35ClNO2-. The van der Waals surface area contributed by atoms with Crippen LogP contribution < -0.4 is 12.4 Å². The van der Waals surface area contributed by atoms with Crippen LogP contribution in [0.1, 0.15) is 51.2 Å². The molecule has 26 heavy (non-hydrogen) atoms. The molecule has 1 aliphatic heterocycles. The first-order valence-corrected chi connectivity index (χ1v) is 10.1. The molecule has 3 nitrogen and oxygen atoms in total. The number of benzene rings is 1. The fourth-order valence-electron chi connectivity index (χ4n) is 4.60. The molecule has 1 N–H and O–H groups in total. The predicted octanol–water partition coefficient (Wildman–Crippen LogP) is 0.887. The number of fused-ring (bicyclic) bond motifs is 1. The highest BCUT2D eigenvalue weighted by Gasteiger charge is 2.32. The van der Waals surface area contributed by atoms with Crippen LogP contribution in [-0.4, -0.2) is 41.9 Å². The van der Waals surface area contributed by atoms with Crippen LogP contribution >= 0.6 is 0 Å². The summed E-state index contributed by atoms with van der Waals surface area (Å²) in [5, 5.41) is 10.5. The van der Waals surface area contributed by atoms with Crippen molar-refractivity contribution in [3.8, 4) is 0 Å². The monoisotopic (exact) mass is 380 g/mol. The number of β-amino-alcohol motifs (C(OH)–C–C–N with tert-alkyl or cyclic N) is 1. The van der Waals surface area contributed by atoms with Crippen molar-refractivity contribution in [3.63, 3.8) is 0 Å². The van der Waals surface area contributed by atoms with E-state index in [-0.39, 0.29) is 12.4 Å². The Labute approximate surface area is 165 Å². The van der Waals surface area contributed by atoms with Crippen molar-refractivity contribution in [2.24, 2.45) is 17.8 Å². The van der Waals surface area contributed by atoms with Crippen LogP contribution in [0.15, 0.2) is 24.3 Å². The molecule has 3 rings (SSSR count). The molecule has 0 amide bonds. The number of aliphatic hydroxyl groups excluding tert-OH is 1. The molecule has 148 valence electrons. The third kappa shape index (κ3) is 5.69. The molecule has 4 atom stereocenters. The molecule has 1 aliphatic carbocycles. The van der Waals surface area contributed by atoms with Crippen molar-refractivity contribution in [1.82, 2.24) is 4.90 Å². The zero-order chi connectivity index (χ0) is 17.8. The third-order valence-corrected chi connectivity index (χ3v) is 6.14. The molecule has 1 aromatic rings. The average molecular weight is 381 g/mol. The van der Waals surface area contributed by atoms with Gasteiger partial charge in [-0.2, -0.15) is 0 Å². The van der Waals surface area contributed by atoms with Gasteiger partial charge in [0.05, 0.1) is 18.8 Å². The van der Waals surface area contributed by atoms with Crippen LogP contribution in [0.4, 0.5) is 0 Å². The standard InChI is InChI=1S/C22H35NO2.ClH/c1-16(2)21-9-8-17(3)12-22(21)25-15-20(24)14-23-11-10-18-6-4-5-7-19(18)13-23;/h4-7,16-17,20-22,24H,8-15H2,1-3H3;1H/p-1. The lowest BCUT2D eigenvalue weighted by atomic mass is 9.75. The minimum atomic E-state index is -0.393. The molecule has 4 heteroatoms. The number of aliphatic hydroxyl groups is 1. The van der Waals surface area contributed by atoms with E-state index in [9.17, 15) is 5.11 Å². The Bertz CT molecular complexity index is 551. The van der Waals surface area contributed by atoms with E-state index in [1.54, 1.807) is 0 Å². The number of nitrogens with zero attached hydrogens (tertiary/aromatic N) is 1. The lowest BCUT2D eigenvalue weighted by molar-refractivity contribution is -0.0744. The summed E-state index contributed by atoms with van der Waals surface area (Å²) in [6.07, 6.45) is 4.74. The Balaban J connectivity index is 0.00000243. The first-order chi connectivity index (χ1) is 12.0. The molecule has 0 radical (unpaired) electrons. The largest absolute Gasteiger partial charge is 1.00 e. The molecule has 0 aromatic heterocycles. The zero-order valence-electron chi connectivity index (χ0n) is 16.5. The number of rotatable bonds is 6. The van der Waals surface area contributed by atoms with Gasteiger partial charge in [-0.05, 0) is 48.1 Å². The number of ether oxygens (including phenoxy) is 1. The van der Waals surface area contributed by atoms with Gasteiger partial charge in [0, 0.05) is 19.6 Å². The first kappa shape index (κ1) is 21.7. The van der Waals surface area contributed by atoms with Crippen LogP contribution in [0.2, 0.25) is 0 Å². The van der Waals surface area contributed by atoms with Gasteiger partial charge in [-0.3, -0.25) is 4.90 Å². The number of hydrogen-bond donors (Lipinski definition) is 1. The SMILES string of the molecule is CC1CCC(C(C)C)C(OCC(O)CN2CCc3ccccc3C2)C1.[Cl-]. The zero-order valence-corrected chi connectivity index (χ0v) is 17.3. The molecule has 0 saturated heterocycles. The van der Waals surface area contributed by atoms with Crippen LogP contribution in [-0.2, 0) is 17.7 Å². The molecule has 1 saturated carbocycles. The van der Waals surface area contributed by atoms with Crippen LogP contribution in [0, 0.1) is 17.8 Å². The smallest absolute Gasteiger partial charge is 0.0900 e. The molecular weight excluding hydrogens is 346 g/mol. The second kappa shape index (κ2) is 10.1. The van der Waals surface area contributed by atoms with Gasteiger partial charge < -0.3 is 22.3 Å². The normalized spacial score (nSPS) is 27.7. The second-order valence-corrected chi connectivity index (χ2v) is 8.61. The summed E-state index contributed by atoms with van der Waals surface area (Å²) >= 11 is 0. The molecule has 2 aliphatic rings. The molecule has 4 unspecified atom stereocenters. The van der Waals surface area contributed by atoms with E-state index >= 15 is 0 Å². The minimum Gasteiger partial charge on any atom is -1.00 e. The Hall–Kier alpha value is -0.610. The lowest BCUT2D eigenvalue weighted by Crippen LogP contribution is -3.00. The topological polar surface area (TPSA) is 32.7 Å². The van der Waals surface area contributed by atoms with Gasteiger partial charge in [-0.25, -0.2) is 0 Å². The van der Waals surface area contributed by atoms with E-state index in [1.807, 2.05) is 0 Å². The van der Waals surface area contributed by atoms with Crippen LogP contribution in [0.3, 0.4) is 0 Å². The van der Waals surface area contributed by atoms with Gasteiger partial charge in [-0.1, -0.05) is 51.5 Å². The van der Waals surface area contributed by atoms with Crippen molar-refractivity contribution in [2.75, 3.05) is 19.7 Å². The summed E-state index contributed by atoms with van der Waals surface area (Å²) in [5.41, 5.74) is 2.86. The number of hydrogen-bond acceptors (Lipinski definition) is 3. The van der Waals surface area contributed by atoms with E-state index < -0.39 is 6.10 Å². The van der Waals surface area contributed by atoms with Gasteiger partial charge in [0.15, 0.2) is 0 Å². The predicted molar refractivity (Wildman–Crippen MR) is 103 cm³/mol. The Kier molecular flexibility index (Phi) is 8.41. The first-order valence-electron chi connectivity index (χ1n) is 10.1. The summed E-state index contributed by atoms with van der Waals surface area (Å²) in [5.74, 6) is 2.05. The molecule has 0 bridgehead atoms. The summed E-state index contributed by atoms with van der Waals surface area (Å²) < 4.78 is 6.22. The van der Waals surface area contributed by atoms with Crippen molar-refractivity contribution >= 4 is 0 Å². The van der Waals surface area contributed by atoms with E-state index in [1.165, 1.54) is 24.0 Å². The maximum atomic E-state index is 10.5. The molecule has 0 spiro atoms. The third-order valence-electron chi connectivity index (χ3n) is 6.14. The van der Waals surface area contributed by atoms with E-state index in [0.717, 1.165) is 31.8 Å². The van der Waals surface area contributed by atoms with E-state index in [2.05, 4.69) is 49.9 Å². The summed E-state index contributed by atoms with van der Waals surface area (Å²) in [6.45, 7) is 10.1. The fourth-order valence-corrected chi connectivity index (χ4v) is 4.60. The quantitative estimate of drug-likeness (QED) is 0.795. The molecule has 1 aromatic carbocycles. The van der Waals surface area contributed by atoms with E-state index in [0.29, 0.717) is 31.1 Å². The molecule has 1 heterocycles. The van der Waals surface area contributed by atoms with Crippen molar-refractivity contribution in [2.45, 2.75) is 65.2 Å². The van der Waals surface area contributed by atoms with Gasteiger partial charge in [0.25, 0.3) is 0 Å². The number of halogens is 1. The summed E-state index contributed by atoms with van der Waals surface area (Å²) in [6, 6.07) is 8.66. The second-order valence-electron chi connectivity index (χ2n) is 8.61. The van der Waals surface area contributed by atoms with Crippen molar-refractivity contribution < 1.29 is 22.3 Å². The minimum absolute atomic E-state index is 0. The van der Waals surface area contributed by atoms with Crippen LogP contribution in [0.25, 0.3) is 0 Å². The van der Waals surface area contributed by atoms with Crippen molar-refractivity contribution in [3.05, 3.63) is 35.4 Å². The van der Waals surface area contributed by atoms with Gasteiger partial charge in [0.2, 0.25) is 0 Å².